The lowest BCUT2D eigenvalue weighted by atomic mass is 10.0. The molecule has 3 heterocycles. The number of benzene rings is 1. The molecule has 8 heteroatoms. The Balaban J connectivity index is 1.48. The van der Waals surface area contributed by atoms with Gasteiger partial charge < -0.3 is 19.9 Å². The number of hydrogen-bond acceptors (Lipinski definition) is 8. The van der Waals surface area contributed by atoms with Gasteiger partial charge in [-0.1, -0.05) is 18.6 Å². The Morgan fingerprint density at radius 1 is 1.03 bits per heavy atom. The van der Waals surface area contributed by atoms with Crippen LogP contribution in [0.4, 0.5) is 17.6 Å². The third-order valence-electron chi connectivity index (χ3n) is 5.73. The summed E-state index contributed by atoms with van der Waals surface area (Å²) < 4.78 is 5.38. The normalized spacial score (nSPS) is 18.3. The van der Waals surface area contributed by atoms with Crippen LogP contribution in [-0.4, -0.2) is 59.2 Å². The van der Waals surface area contributed by atoms with Crippen LogP contribution in [0.15, 0.2) is 24.3 Å². The Bertz CT molecular complexity index is 868. The molecule has 2 aliphatic rings. The van der Waals surface area contributed by atoms with Gasteiger partial charge in [-0.15, -0.1) is 0 Å². The topological polar surface area (TPSA) is 90.2 Å². The van der Waals surface area contributed by atoms with E-state index in [1.807, 2.05) is 24.3 Å². The van der Waals surface area contributed by atoms with Gasteiger partial charge in [0.15, 0.2) is 0 Å². The van der Waals surface area contributed by atoms with Crippen LogP contribution in [0, 0.1) is 11.3 Å². The minimum absolute atomic E-state index is 0.116. The summed E-state index contributed by atoms with van der Waals surface area (Å²) >= 11 is 0. The first kappa shape index (κ1) is 19.4. The van der Waals surface area contributed by atoms with Crippen molar-refractivity contribution in [3.8, 4) is 11.8 Å². The average Bonchev–Trinajstić information content (AvgIpc) is 2.80. The van der Waals surface area contributed by atoms with Crippen molar-refractivity contribution in [2.45, 2.75) is 38.1 Å². The van der Waals surface area contributed by atoms with Crippen molar-refractivity contribution in [2.75, 3.05) is 43.5 Å². The van der Waals surface area contributed by atoms with Gasteiger partial charge in [0.1, 0.15) is 11.8 Å². The van der Waals surface area contributed by atoms with Gasteiger partial charge in [0, 0.05) is 19.1 Å². The molecule has 0 radical (unpaired) electrons. The number of aromatic nitrogens is 3. The molecule has 29 heavy (non-hydrogen) atoms. The minimum atomic E-state index is 0.116. The quantitative estimate of drug-likeness (QED) is 0.829. The van der Waals surface area contributed by atoms with Crippen molar-refractivity contribution in [1.82, 2.24) is 19.9 Å². The zero-order valence-corrected chi connectivity index (χ0v) is 16.8. The van der Waals surface area contributed by atoms with Gasteiger partial charge in [-0.25, -0.2) is 0 Å². The number of ether oxygens (including phenoxy) is 1. The molecule has 1 N–H and O–H groups in total. The average molecular weight is 393 g/mol. The van der Waals surface area contributed by atoms with Gasteiger partial charge in [-0.2, -0.15) is 20.2 Å². The first-order chi connectivity index (χ1) is 14.3. The third-order valence-corrected chi connectivity index (χ3v) is 5.73. The molecule has 8 nitrogen and oxygen atoms in total. The van der Waals surface area contributed by atoms with Crippen LogP contribution in [0.1, 0.15) is 37.9 Å². The van der Waals surface area contributed by atoms with E-state index >= 15 is 0 Å². The van der Waals surface area contributed by atoms with E-state index in [2.05, 4.69) is 36.1 Å². The Hall–Kier alpha value is -2.92. The minimum Gasteiger partial charge on any atom is -0.495 e. The van der Waals surface area contributed by atoms with Crippen molar-refractivity contribution >= 4 is 17.6 Å². The molecule has 152 valence electrons. The molecule has 0 saturated carbocycles. The van der Waals surface area contributed by atoms with Crippen LogP contribution < -0.4 is 15.0 Å². The summed E-state index contributed by atoms with van der Waals surface area (Å²) in [5.41, 5.74) is 0.750. The van der Waals surface area contributed by atoms with Crippen LogP contribution in [0.2, 0.25) is 0 Å². The summed E-state index contributed by atoms with van der Waals surface area (Å²) in [6.45, 7) is 4.23. The molecule has 1 aromatic heterocycles. The summed E-state index contributed by atoms with van der Waals surface area (Å²) in [6.07, 6.45) is 6.19. The molecule has 0 bridgehead atoms. The van der Waals surface area contributed by atoms with Crippen molar-refractivity contribution in [1.29, 1.82) is 5.26 Å². The number of rotatable bonds is 5. The molecule has 2 saturated heterocycles. The third kappa shape index (κ3) is 4.57. The van der Waals surface area contributed by atoms with E-state index in [0.29, 0.717) is 23.7 Å². The van der Waals surface area contributed by atoms with Gasteiger partial charge in [0.2, 0.25) is 17.7 Å². The second-order valence-electron chi connectivity index (χ2n) is 7.53. The number of anilines is 3. The van der Waals surface area contributed by atoms with Crippen molar-refractivity contribution < 1.29 is 4.74 Å². The van der Waals surface area contributed by atoms with Crippen LogP contribution in [0.3, 0.4) is 0 Å². The van der Waals surface area contributed by atoms with Gasteiger partial charge in [-0.05, 0) is 50.9 Å². The number of nitriles is 1. The molecule has 0 unspecified atom stereocenters. The Morgan fingerprint density at radius 2 is 1.79 bits per heavy atom. The first-order valence-electron chi connectivity index (χ1n) is 10.3. The van der Waals surface area contributed by atoms with Gasteiger partial charge in [0.25, 0.3) is 0 Å². The maximum Gasteiger partial charge on any atom is 0.238 e. The smallest absolute Gasteiger partial charge is 0.238 e. The maximum absolute atomic E-state index is 9.38. The molecule has 0 aliphatic carbocycles. The highest BCUT2D eigenvalue weighted by molar-refractivity contribution is 5.63. The number of para-hydroxylation sites is 2. The van der Waals surface area contributed by atoms with E-state index in [0.717, 1.165) is 31.6 Å². The van der Waals surface area contributed by atoms with Gasteiger partial charge in [-0.3, -0.25) is 0 Å². The lowest BCUT2D eigenvalue weighted by molar-refractivity contribution is 0.141. The molecule has 4 rings (SSSR count). The summed E-state index contributed by atoms with van der Waals surface area (Å²) in [7, 11) is 1.62. The molecule has 2 aromatic rings. The Morgan fingerprint density at radius 3 is 2.52 bits per heavy atom. The molecular formula is C21H27N7O. The fourth-order valence-electron chi connectivity index (χ4n) is 4.19. The first-order valence-corrected chi connectivity index (χ1v) is 10.3. The van der Waals surface area contributed by atoms with Crippen LogP contribution in [0.5, 0.6) is 5.75 Å². The Labute approximate surface area is 171 Å². The number of methoxy groups -OCH3 is 1. The predicted octanol–water partition coefficient (Wildman–Crippen LogP) is 2.95. The fraction of sp³-hybridized carbons (Fsp3) is 0.524. The van der Waals surface area contributed by atoms with Gasteiger partial charge >= 0.3 is 0 Å². The van der Waals surface area contributed by atoms with Crippen molar-refractivity contribution in [3.63, 3.8) is 0 Å². The number of nitrogens with one attached hydrogen (secondary N) is 1. The summed E-state index contributed by atoms with van der Waals surface area (Å²) in [5, 5.41) is 12.5. The van der Waals surface area contributed by atoms with Crippen LogP contribution in [0.25, 0.3) is 0 Å². The van der Waals surface area contributed by atoms with E-state index in [9.17, 15) is 5.26 Å². The molecule has 2 fully saturated rings. The van der Waals surface area contributed by atoms with E-state index in [4.69, 9.17) is 4.74 Å². The maximum atomic E-state index is 9.38. The molecular weight excluding hydrogens is 366 g/mol. The highest BCUT2D eigenvalue weighted by atomic mass is 16.5. The van der Waals surface area contributed by atoms with E-state index in [1.165, 1.54) is 32.4 Å². The molecule has 1 aromatic carbocycles. The number of nitrogens with zero attached hydrogens (tertiary/aromatic N) is 6. The molecule has 0 atom stereocenters. The van der Waals surface area contributed by atoms with Crippen LogP contribution in [-0.2, 0) is 0 Å². The molecule has 0 amide bonds. The lowest BCUT2D eigenvalue weighted by Gasteiger charge is -2.40. The SMILES string of the molecule is COc1ccccc1Nc1nc(C#N)nc(N2CCC(N3CCCCC3)CC2)n1. The van der Waals surface area contributed by atoms with E-state index < -0.39 is 0 Å². The molecule has 0 spiro atoms. The molecule has 2 aliphatic heterocycles. The van der Waals surface area contributed by atoms with Crippen LogP contribution >= 0.6 is 0 Å². The lowest BCUT2D eigenvalue weighted by Crippen LogP contribution is -2.47. The second kappa shape index (κ2) is 9.05. The standard InChI is InChI=1S/C21H27N7O/c1-29-18-8-4-3-7-17(18)23-20-24-19(15-22)25-21(26-20)28-13-9-16(10-14-28)27-11-5-2-6-12-27/h3-4,7-8,16H,2,5-6,9-14H2,1H3,(H,23,24,25,26). The fourth-order valence-corrected chi connectivity index (χ4v) is 4.19. The highest BCUT2D eigenvalue weighted by Crippen LogP contribution is 2.27. The zero-order chi connectivity index (χ0) is 20.1. The summed E-state index contributed by atoms with van der Waals surface area (Å²) in [5.74, 6) is 1.72. The van der Waals surface area contributed by atoms with Crippen molar-refractivity contribution in [3.05, 3.63) is 30.1 Å². The number of hydrogen-bond donors (Lipinski definition) is 1. The zero-order valence-electron chi connectivity index (χ0n) is 16.8. The number of piperidine rings is 2. The van der Waals surface area contributed by atoms with E-state index in [-0.39, 0.29) is 5.82 Å². The number of likely N-dealkylation sites (tertiary alicyclic amines) is 1. The Kier molecular flexibility index (Phi) is 6.06. The monoisotopic (exact) mass is 393 g/mol. The largest absolute Gasteiger partial charge is 0.495 e. The predicted molar refractivity (Wildman–Crippen MR) is 111 cm³/mol. The second-order valence-corrected chi connectivity index (χ2v) is 7.53. The highest BCUT2D eigenvalue weighted by Gasteiger charge is 2.27. The summed E-state index contributed by atoms with van der Waals surface area (Å²) in [4.78, 5) is 18.0. The van der Waals surface area contributed by atoms with Gasteiger partial charge in [0.05, 0.1) is 12.8 Å². The summed E-state index contributed by atoms with van der Waals surface area (Å²) in [6, 6.07) is 10.3. The van der Waals surface area contributed by atoms with Crippen molar-refractivity contribution in [2.24, 2.45) is 0 Å². The van der Waals surface area contributed by atoms with E-state index in [1.54, 1.807) is 7.11 Å².